The maximum atomic E-state index is 12.7. The second kappa shape index (κ2) is 11.1. The summed E-state index contributed by atoms with van der Waals surface area (Å²) in [6.45, 7) is 8.17. The molecule has 1 unspecified atom stereocenters. The monoisotopic (exact) mass is 539 g/mol. The zero-order valence-electron chi connectivity index (χ0n) is 21.5. The Hall–Kier alpha value is -2.47. The first kappa shape index (κ1) is 26.1. The molecule has 0 radical (unpaired) electrons. The molecule has 3 aromatic rings. The Labute approximate surface area is 229 Å². The summed E-state index contributed by atoms with van der Waals surface area (Å²) in [7, 11) is 0. The summed E-state index contributed by atoms with van der Waals surface area (Å²) in [4.78, 5) is 20.8. The number of amides is 1. The zero-order chi connectivity index (χ0) is 26.1. The topological polar surface area (TPSA) is 59.6 Å². The van der Waals surface area contributed by atoms with E-state index in [9.17, 15) is 9.90 Å². The number of phenolic OH excluding ortho intramolecular Hbond substituents is 1. The molecular formula is C30H35Cl2N3O2. The molecule has 196 valence electrons. The molecule has 2 N–H and O–H groups in total. The minimum atomic E-state index is 0.0537. The number of aromatic hydroxyl groups is 1. The number of nitrogens with zero attached hydrogens (tertiary/aromatic N) is 2. The van der Waals surface area contributed by atoms with Gasteiger partial charge in [0.2, 0.25) is 5.91 Å². The van der Waals surface area contributed by atoms with Crippen molar-refractivity contribution in [2.24, 2.45) is 5.92 Å². The highest BCUT2D eigenvalue weighted by Gasteiger charge is 2.32. The van der Waals surface area contributed by atoms with Gasteiger partial charge in [-0.3, -0.25) is 4.79 Å². The second-order valence-corrected chi connectivity index (χ2v) is 11.5. The number of fused-ring (bicyclic) bond motifs is 1. The Balaban J connectivity index is 1.12. The van der Waals surface area contributed by atoms with E-state index in [2.05, 4.69) is 23.0 Å². The van der Waals surface area contributed by atoms with E-state index in [4.69, 9.17) is 23.2 Å². The predicted molar refractivity (Wildman–Crippen MR) is 153 cm³/mol. The summed E-state index contributed by atoms with van der Waals surface area (Å²) in [5.41, 5.74) is 4.43. The fourth-order valence-corrected chi connectivity index (χ4v) is 6.47. The van der Waals surface area contributed by atoms with Gasteiger partial charge < -0.3 is 19.9 Å². The molecule has 2 aliphatic heterocycles. The second-order valence-electron chi connectivity index (χ2n) is 10.6. The molecule has 2 saturated heterocycles. The molecule has 2 aromatic carbocycles. The molecule has 0 bridgehead atoms. The Morgan fingerprint density at radius 1 is 1.05 bits per heavy atom. The SMILES string of the molecule is Cc1cc(O)cc2c(C3CCN(C(C)C4CCN(C(=O)C=Cc5ccc(Cl)c(Cl)c5)CC4)CC3)c[nH]c12. The number of H-pyrrole nitrogens is 1. The van der Waals surface area contributed by atoms with Crippen LogP contribution in [0.2, 0.25) is 10.0 Å². The Morgan fingerprint density at radius 2 is 1.78 bits per heavy atom. The van der Waals surface area contributed by atoms with E-state index < -0.39 is 0 Å². The molecule has 0 aliphatic carbocycles. The lowest BCUT2D eigenvalue weighted by atomic mass is 9.85. The standard InChI is InChI=1S/C30H35Cl2N3O2/c1-19-15-24(36)17-25-26(18-33-30(19)25)23-9-11-34(12-10-23)20(2)22-7-13-35(14-8-22)29(37)6-4-21-3-5-27(31)28(32)16-21/h3-6,15-18,20,22-23,33,36H,7-14H2,1-2H3. The van der Waals surface area contributed by atoms with Crippen molar-refractivity contribution < 1.29 is 9.90 Å². The molecule has 2 fully saturated rings. The molecular weight excluding hydrogens is 505 g/mol. The quantitative estimate of drug-likeness (QED) is 0.343. The number of halogens is 2. The smallest absolute Gasteiger partial charge is 0.246 e. The number of nitrogens with one attached hydrogen (secondary N) is 1. The van der Waals surface area contributed by atoms with E-state index in [1.807, 2.05) is 30.0 Å². The largest absolute Gasteiger partial charge is 0.508 e. The van der Waals surface area contributed by atoms with Gasteiger partial charge in [0.1, 0.15) is 5.75 Å². The van der Waals surface area contributed by atoms with Gasteiger partial charge >= 0.3 is 0 Å². The van der Waals surface area contributed by atoms with E-state index in [1.165, 1.54) is 5.56 Å². The van der Waals surface area contributed by atoms with Crippen molar-refractivity contribution in [2.45, 2.75) is 51.5 Å². The predicted octanol–water partition coefficient (Wildman–Crippen LogP) is 7.01. The first-order chi connectivity index (χ1) is 17.8. The average Bonchev–Trinajstić information content (AvgIpc) is 3.33. The fourth-order valence-electron chi connectivity index (χ4n) is 6.16. The zero-order valence-corrected chi connectivity index (χ0v) is 23.0. The number of piperidine rings is 2. The number of aromatic nitrogens is 1. The van der Waals surface area contributed by atoms with Crippen LogP contribution in [0.3, 0.4) is 0 Å². The van der Waals surface area contributed by atoms with Crippen LogP contribution in [0, 0.1) is 12.8 Å². The highest BCUT2D eigenvalue weighted by atomic mass is 35.5. The van der Waals surface area contributed by atoms with Gasteiger partial charge in [-0.1, -0.05) is 29.3 Å². The Kier molecular flexibility index (Phi) is 7.85. The van der Waals surface area contributed by atoms with Gasteiger partial charge in [-0.25, -0.2) is 0 Å². The molecule has 5 nitrogen and oxygen atoms in total. The number of carbonyl (C=O) groups is 1. The molecule has 3 heterocycles. The van der Waals surface area contributed by atoms with Crippen molar-refractivity contribution in [2.75, 3.05) is 26.2 Å². The number of rotatable bonds is 5. The minimum absolute atomic E-state index is 0.0537. The van der Waals surface area contributed by atoms with Crippen molar-refractivity contribution in [3.63, 3.8) is 0 Å². The number of aryl methyl sites for hydroxylation is 1. The van der Waals surface area contributed by atoms with E-state index in [-0.39, 0.29) is 5.91 Å². The van der Waals surface area contributed by atoms with Gasteiger partial charge in [0.05, 0.1) is 10.0 Å². The molecule has 0 spiro atoms. The molecule has 7 heteroatoms. The van der Waals surface area contributed by atoms with Gasteiger partial charge in [-0.05, 0) is 111 Å². The lowest BCUT2D eigenvalue weighted by molar-refractivity contribution is -0.127. The van der Waals surface area contributed by atoms with Gasteiger partial charge in [0.15, 0.2) is 0 Å². The van der Waals surface area contributed by atoms with Crippen molar-refractivity contribution >= 4 is 46.1 Å². The molecule has 2 aliphatic rings. The average molecular weight is 541 g/mol. The van der Waals surface area contributed by atoms with Crippen molar-refractivity contribution in [1.29, 1.82) is 0 Å². The van der Waals surface area contributed by atoms with Crippen LogP contribution < -0.4 is 0 Å². The van der Waals surface area contributed by atoms with Crippen molar-refractivity contribution in [3.8, 4) is 5.75 Å². The van der Waals surface area contributed by atoms with E-state index in [0.29, 0.717) is 33.7 Å². The number of aromatic amines is 1. The highest BCUT2D eigenvalue weighted by Crippen LogP contribution is 2.37. The molecule has 37 heavy (non-hydrogen) atoms. The van der Waals surface area contributed by atoms with E-state index >= 15 is 0 Å². The van der Waals surface area contributed by atoms with E-state index in [0.717, 1.165) is 73.9 Å². The third-order valence-corrected chi connectivity index (χ3v) is 9.18. The van der Waals surface area contributed by atoms with Crippen molar-refractivity contribution in [1.82, 2.24) is 14.8 Å². The Bertz CT molecular complexity index is 1300. The molecule has 1 atom stereocenters. The molecule has 0 saturated carbocycles. The summed E-state index contributed by atoms with van der Waals surface area (Å²) in [6, 6.07) is 9.61. The number of hydrogen-bond donors (Lipinski definition) is 2. The van der Waals surface area contributed by atoms with Gasteiger partial charge in [-0.2, -0.15) is 0 Å². The summed E-state index contributed by atoms with van der Waals surface area (Å²) in [6.07, 6.45) is 9.91. The van der Waals surface area contributed by atoms with Crippen LogP contribution in [-0.4, -0.2) is 58.0 Å². The molecule has 5 rings (SSSR count). The number of phenols is 1. The van der Waals surface area contributed by atoms with Crippen LogP contribution in [0.1, 0.15) is 55.2 Å². The van der Waals surface area contributed by atoms with Gasteiger partial charge in [0.25, 0.3) is 0 Å². The van der Waals surface area contributed by atoms with Gasteiger partial charge in [0, 0.05) is 42.3 Å². The first-order valence-electron chi connectivity index (χ1n) is 13.3. The molecule has 1 amide bonds. The van der Waals surface area contributed by atoms with Crippen LogP contribution in [0.15, 0.2) is 42.6 Å². The summed E-state index contributed by atoms with van der Waals surface area (Å²) >= 11 is 12.1. The van der Waals surface area contributed by atoms with Crippen LogP contribution in [0.25, 0.3) is 17.0 Å². The Morgan fingerprint density at radius 3 is 2.49 bits per heavy atom. The lowest BCUT2D eigenvalue weighted by Crippen LogP contribution is -2.47. The van der Waals surface area contributed by atoms with Crippen LogP contribution in [0.4, 0.5) is 0 Å². The van der Waals surface area contributed by atoms with Crippen LogP contribution >= 0.6 is 23.2 Å². The molecule has 1 aromatic heterocycles. The summed E-state index contributed by atoms with van der Waals surface area (Å²) < 4.78 is 0. The normalized spacial score (nSPS) is 19.2. The number of likely N-dealkylation sites (tertiary alicyclic amines) is 2. The third kappa shape index (κ3) is 5.69. The van der Waals surface area contributed by atoms with Crippen LogP contribution in [-0.2, 0) is 4.79 Å². The number of benzene rings is 2. The fraction of sp³-hybridized carbons (Fsp3) is 0.433. The number of carbonyl (C=O) groups excluding carboxylic acids is 1. The lowest BCUT2D eigenvalue weighted by Gasteiger charge is -2.42. The van der Waals surface area contributed by atoms with E-state index in [1.54, 1.807) is 24.3 Å². The van der Waals surface area contributed by atoms with Crippen molar-refractivity contribution in [3.05, 3.63) is 69.3 Å². The maximum absolute atomic E-state index is 12.7. The first-order valence-corrected chi connectivity index (χ1v) is 14.0. The highest BCUT2D eigenvalue weighted by molar-refractivity contribution is 6.42. The number of hydrogen-bond acceptors (Lipinski definition) is 3. The summed E-state index contributed by atoms with van der Waals surface area (Å²) in [5, 5.41) is 12.3. The third-order valence-electron chi connectivity index (χ3n) is 8.44. The van der Waals surface area contributed by atoms with Crippen LogP contribution in [0.5, 0.6) is 5.75 Å². The van der Waals surface area contributed by atoms with Gasteiger partial charge in [-0.15, -0.1) is 0 Å². The maximum Gasteiger partial charge on any atom is 0.246 e. The summed E-state index contributed by atoms with van der Waals surface area (Å²) in [5.74, 6) is 1.51. The minimum Gasteiger partial charge on any atom is -0.508 e.